The molecule has 0 unspecified atom stereocenters. The Morgan fingerprint density at radius 3 is 2.58 bits per heavy atom. The fraction of sp³-hybridized carbons (Fsp3) is 0.263. The summed E-state index contributed by atoms with van der Waals surface area (Å²) >= 11 is 0. The van der Waals surface area contributed by atoms with Crippen LogP contribution in [0.4, 0.5) is 11.4 Å². The van der Waals surface area contributed by atoms with E-state index in [9.17, 15) is 9.59 Å². The Bertz CT molecular complexity index is 784. The SMILES string of the molecule is CN1C(=O)C(C)(C)COc2ccc(NC(=O)c3ccccc3)cc21. The van der Waals surface area contributed by atoms with Crippen LogP contribution < -0.4 is 15.0 Å². The summed E-state index contributed by atoms with van der Waals surface area (Å²) in [6.45, 7) is 4.03. The number of fused-ring (bicyclic) bond motifs is 1. The summed E-state index contributed by atoms with van der Waals surface area (Å²) in [7, 11) is 1.72. The van der Waals surface area contributed by atoms with E-state index in [1.165, 1.54) is 0 Å². The zero-order valence-electron chi connectivity index (χ0n) is 14.0. The third kappa shape index (κ3) is 2.97. The number of carbonyl (C=O) groups is 2. The van der Waals surface area contributed by atoms with E-state index in [1.807, 2.05) is 32.0 Å². The Hall–Kier alpha value is -2.82. The van der Waals surface area contributed by atoms with Crippen LogP contribution in [0.2, 0.25) is 0 Å². The van der Waals surface area contributed by atoms with E-state index in [0.29, 0.717) is 29.3 Å². The number of nitrogens with one attached hydrogen (secondary N) is 1. The molecular weight excluding hydrogens is 304 g/mol. The van der Waals surface area contributed by atoms with Gasteiger partial charge >= 0.3 is 0 Å². The molecule has 2 amide bonds. The van der Waals surface area contributed by atoms with Crippen LogP contribution in [0, 0.1) is 5.41 Å². The lowest BCUT2D eigenvalue weighted by Gasteiger charge is -2.24. The highest BCUT2D eigenvalue weighted by Crippen LogP contribution is 2.37. The largest absolute Gasteiger partial charge is 0.490 e. The van der Waals surface area contributed by atoms with Crippen molar-refractivity contribution < 1.29 is 14.3 Å². The van der Waals surface area contributed by atoms with Crippen molar-refractivity contribution in [2.75, 3.05) is 23.9 Å². The summed E-state index contributed by atoms with van der Waals surface area (Å²) in [6, 6.07) is 14.3. The number of amides is 2. The lowest BCUT2D eigenvalue weighted by molar-refractivity contribution is -0.127. The van der Waals surface area contributed by atoms with Crippen molar-refractivity contribution in [2.45, 2.75) is 13.8 Å². The number of hydrogen-bond acceptors (Lipinski definition) is 3. The van der Waals surface area contributed by atoms with E-state index in [4.69, 9.17) is 4.74 Å². The average molecular weight is 324 g/mol. The standard InChI is InChI=1S/C19H20N2O3/c1-19(2)12-24-16-10-9-14(11-15(16)21(3)18(19)23)20-17(22)13-7-5-4-6-8-13/h4-11H,12H2,1-3H3,(H,20,22). The number of nitrogens with zero attached hydrogens (tertiary/aromatic N) is 1. The first kappa shape index (κ1) is 16.1. The van der Waals surface area contributed by atoms with Gasteiger partial charge in [-0.25, -0.2) is 0 Å². The van der Waals surface area contributed by atoms with Gasteiger partial charge < -0.3 is 15.0 Å². The van der Waals surface area contributed by atoms with Gasteiger partial charge in [-0.05, 0) is 44.2 Å². The summed E-state index contributed by atoms with van der Waals surface area (Å²) in [6.07, 6.45) is 0. The van der Waals surface area contributed by atoms with Gasteiger partial charge in [0.1, 0.15) is 12.4 Å². The molecule has 0 radical (unpaired) electrons. The average Bonchev–Trinajstić information content (AvgIpc) is 2.67. The first-order valence-electron chi connectivity index (χ1n) is 7.80. The van der Waals surface area contributed by atoms with Crippen molar-refractivity contribution in [2.24, 2.45) is 5.41 Å². The van der Waals surface area contributed by atoms with E-state index >= 15 is 0 Å². The van der Waals surface area contributed by atoms with Gasteiger partial charge in [0, 0.05) is 18.3 Å². The molecule has 0 atom stereocenters. The summed E-state index contributed by atoms with van der Waals surface area (Å²) in [4.78, 5) is 26.4. The van der Waals surface area contributed by atoms with Crippen LogP contribution in [0.1, 0.15) is 24.2 Å². The maximum absolute atomic E-state index is 12.5. The number of benzene rings is 2. The van der Waals surface area contributed by atoms with Crippen LogP contribution in [0.25, 0.3) is 0 Å². The molecule has 0 saturated carbocycles. The molecule has 0 aromatic heterocycles. The molecule has 1 aliphatic heterocycles. The number of rotatable bonds is 2. The highest BCUT2D eigenvalue weighted by Gasteiger charge is 2.36. The van der Waals surface area contributed by atoms with Crippen molar-refractivity contribution >= 4 is 23.2 Å². The molecular formula is C19H20N2O3. The van der Waals surface area contributed by atoms with Gasteiger partial charge in [0.2, 0.25) is 5.91 Å². The smallest absolute Gasteiger partial charge is 0.255 e. The molecule has 0 bridgehead atoms. The van der Waals surface area contributed by atoms with Crippen molar-refractivity contribution in [3.63, 3.8) is 0 Å². The Labute approximate surface area is 141 Å². The van der Waals surface area contributed by atoms with Crippen LogP contribution in [-0.4, -0.2) is 25.5 Å². The molecule has 0 aliphatic carbocycles. The van der Waals surface area contributed by atoms with Gasteiger partial charge in [0.15, 0.2) is 0 Å². The van der Waals surface area contributed by atoms with Crippen LogP contribution >= 0.6 is 0 Å². The second kappa shape index (κ2) is 6.00. The van der Waals surface area contributed by atoms with Gasteiger partial charge in [-0.3, -0.25) is 9.59 Å². The maximum Gasteiger partial charge on any atom is 0.255 e. The first-order valence-corrected chi connectivity index (χ1v) is 7.80. The Kier molecular flexibility index (Phi) is 4.01. The van der Waals surface area contributed by atoms with Gasteiger partial charge in [-0.1, -0.05) is 18.2 Å². The first-order chi connectivity index (χ1) is 11.4. The minimum Gasteiger partial charge on any atom is -0.490 e. The van der Waals surface area contributed by atoms with Crippen molar-refractivity contribution in [1.29, 1.82) is 0 Å². The second-order valence-corrected chi connectivity index (χ2v) is 6.54. The molecule has 3 rings (SSSR count). The lowest BCUT2D eigenvalue weighted by atomic mass is 9.93. The predicted molar refractivity (Wildman–Crippen MR) is 93.5 cm³/mol. The fourth-order valence-corrected chi connectivity index (χ4v) is 2.66. The van der Waals surface area contributed by atoms with Gasteiger partial charge in [-0.2, -0.15) is 0 Å². The van der Waals surface area contributed by atoms with Crippen LogP contribution in [0.15, 0.2) is 48.5 Å². The highest BCUT2D eigenvalue weighted by atomic mass is 16.5. The number of anilines is 2. The normalized spacial score (nSPS) is 16.0. The monoisotopic (exact) mass is 324 g/mol. The summed E-state index contributed by atoms with van der Waals surface area (Å²) in [5.74, 6) is 0.418. The van der Waals surface area contributed by atoms with Crippen LogP contribution in [0.5, 0.6) is 5.75 Å². The van der Waals surface area contributed by atoms with E-state index in [1.54, 1.807) is 42.3 Å². The highest BCUT2D eigenvalue weighted by molar-refractivity contribution is 6.05. The maximum atomic E-state index is 12.5. The summed E-state index contributed by atoms with van der Waals surface area (Å²) in [5, 5.41) is 2.85. The van der Waals surface area contributed by atoms with Crippen molar-refractivity contribution in [3.8, 4) is 5.75 Å². The van der Waals surface area contributed by atoms with Crippen LogP contribution in [-0.2, 0) is 4.79 Å². The molecule has 0 saturated heterocycles. The quantitative estimate of drug-likeness (QED) is 0.922. The molecule has 24 heavy (non-hydrogen) atoms. The third-order valence-electron chi connectivity index (χ3n) is 4.09. The Morgan fingerprint density at radius 1 is 1.17 bits per heavy atom. The van der Waals surface area contributed by atoms with Crippen molar-refractivity contribution in [3.05, 3.63) is 54.1 Å². The minimum atomic E-state index is -0.596. The summed E-state index contributed by atoms with van der Waals surface area (Å²) < 4.78 is 5.77. The zero-order chi connectivity index (χ0) is 17.3. The topological polar surface area (TPSA) is 58.6 Å². The minimum absolute atomic E-state index is 0.0206. The molecule has 124 valence electrons. The molecule has 0 fully saturated rings. The molecule has 1 aliphatic rings. The molecule has 2 aromatic carbocycles. The fourth-order valence-electron chi connectivity index (χ4n) is 2.66. The zero-order valence-corrected chi connectivity index (χ0v) is 14.0. The molecule has 5 nitrogen and oxygen atoms in total. The summed E-state index contributed by atoms with van der Waals surface area (Å²) in [5.41, 5.74) is 1.25. The molecule has 2 aromatic rings. The third-order valence-corrected chi connectivity index (χ3v) is 4.09. The predicted octanol–water partition coefficient (Wildman–Crippen LogP) is 3.32. The Morgan fingerprint density at radius 2 is 1.88 bits per heavy atom. The number of ether oxygens (including phenoxy) is 1. The van der Waals surface area contributed by atoms with Crippen molar-refractivity contribution in [1.82, 2.24) is 0 Å². The second-order valence-electron chi connectivity index (χ2n) is 6.54. The molecule has 0 spiro atoms. The van der Waals surface area contributed by atoms with E-state index in [-0.39, 0.29) is 11.8 Å². The van der Waals surface area contributed by atoms with Crippen LogP contribution in [0.3, 0.4) is 0 Å². The Balaban J connectivity index is 1.88. The molecule has 1 N–H and O–H groups in total. The van der Waals surface area contributed by atoms with E-state index in [0.717, 1.165) is 0 Å². The van der Waals surface area contributed by atoms with E-state index < -0.39 is 5.41 Å². The lowest BCUT2D eigenvalue weighted by Crippen LogP contribution is -2.39. The molecule has 5 heteroatoms. The van der Waals surface area contributed by atoms with E-state index in [2.05, 4.69) is 5.32 Å². The molecule has 1 heterocycles. The number of hydrogen-bond donors (Lipinski definition) is 1. The van der Waals surface area contributed by atoms with Gasteiger partial charge in [0.25, 0.3) is 5.91 Å². The number of carbonyl (C=O) groups excluding carboxylic acids is 2. The van der Waals surface area contributed by atoms with Gasteiger partial charge in [0.05, 0.1) is 11.1 Å². The van der Waals surface area contributed by atoms with Gasteiger partial charge in [-0.15, -0.1) is 0 Å².